The minimum atomic E-state index is -0.242. The van der Waals surface area contributed by atoms with E-state index in [1.165, 1.54) is 4.90 Å². The van der Waals surface area contributed by atoms with E-state index in [9.17, 15) is 4.79 Å². The number of hydrogen-bond acceptors (Lipinski definition) is 3. The summed E-state index contributed by atoms with van der Waals surface area (Å²) in [6.07, 6.45) is 0. The molecule has 2 aromatic carbocycles. The summed E-state index contributed by atoms with van der Waals surface area (Å²) in [5, 5.41) is 2.84. The summed E-state index contributed by atoms with van der Waals surface area (Å²) in [6, 6.07) is 14.6. The van der Waals surface area contributed by atoms with Crippen LogP contribution in [0.2, 0.25) is 0 Å². The van der Waals surface area contributed by atoms with Gasteiger partial charge in [-0.3, -0.25) is 4.90 Å². The number of anilines is 2. The molecular formula is C16H19N3O2. The normalized spacial score (nSPS) is 10.0. The Morgan fingerprint density at radius 2 is 2.00 bits per heavy atom. The molecule has 0 atom stereocenters. The number of hydrogen-bond donors (Lipinski definition) is 2. The van der Waals surface area contributed by atoms with Crippen molar-refractivity contribution < 1.29 is 9.53 Å². The molecule has 0 aromatic heterocycles. The first-order chi connectivity index (χ1) is 10.2. The molecule has 2 aromatic rings. The maximum Gasteiger partial charge on any atom is 0.326 e. The molecule has 3 N–H and O–H groups in total. The maximum atomic E-state index is 12.3. The van der Waals surface area contributed by atoms with Gasteiger partial charge in [0, 0.05) is 19.3 Å². The highest BCUT2D eigenvalue weighted by Gasteiger charge is 2.14. The van der Waals surface area contributed by atoms with Gasteiger partial charge in [-0.05, 0) is 29.8 Å². The fourth-order valence-corrected chi connectivity index (χ4v) is 2.00. The van der Waals surface area contributed by atoms with E-state index in [1.807, 2.05) is 48.5 Å². The first kappa shape index (κ1) is 14.9. The highest BCUT2D eigenvalue weighted by atomic mass is 16.5. The van der Waals surface area contributed by atoms with Crippen molar-refractivity contribution in [2.45, 2.75) is 6.54 Å². The minimum Gasteiger partial charge on any atom is -0.495 e. The minimum absolute atomic E-state index is 0.242. The number of rotatable bonds is 4. The van der Waals surface area contributed by atoms with Gasteiger partial charge in [-0.15, -0.1) is 0 Å². The Morgan fingerprint density at radius 3 is 2.71 bits per heavy atom. The molecule has 0 bridgehead atoms. The topological polar surface area (TPSA) is 67.6 Å². The molecule has 5 heteroatoms. The van der Waals surface area contributed by atoms with Gasteiger partial charge in [-0.2, -0.15) is 0 Å². The Kier molecular flexibility index (Phi) is 4.79. The van der Waals surface area contributed by atoms with Crippen LogP contribution in [0.4, 0.5) is 16.2 Å². The van der Waals surface area contributed by atoms with E-state index in [-0.39, 0.29) is 6.03 Å². The molecule has 0 heterocycles. The monoisotopic (exact) mass is 285 g/mol. The van der Waals surface area contributed by atoms with E-state index in [0.29, 0.717) is 23.7 Å². The molecule has 21 heavy (non-hydrogen) atoms. The summed E-state index contributed by atoms with van der Waals surface area (Å²) in [7, 11) is 3.27. The molecule has 2 rings (SSSR count). The smallest absolute Gasteiger partial charge is 0.326 e. The summed E-state index contributed by atoms with van der Waals surface area (Å²) in [5.74, 6) is 0.644. The Morgan fingerprint density at radius 1 is 1.24 bits per heavy atom. The Balaban J connectivity index is 2.15. The number of nitrogens with zero attached hydrogens (tertiary/aromatic N) is 1. The molecule has 0 unspecified atom stereocenters. The molecule has 110 valence electrons. The van der Waals surface area contributed by atoms with Gasteiger partial charge in [-0.25, -0.2) is 4.79 Å². The number of para-hydroxylation sites is 2. The third kappa shape index (κ3) is 3.52. The molecule has 2 amide bonds. The van der Waals surface area contributed by atoms with Crippen molar-refractivity contribution in [1.29, 1.82) is 0 Å². The quantitative estimate of drug-likeness (QED) is 0.907. The van der Waals surface area contributed by atoms with Gasteiger partial charge in [-0.1, -0.05) is 24.3 Å². The third-order valence-electron chi connectivity index (χ3n) is 3.17. The number of benzene rings is 2. The summed E-state index contributed by atoms with van der Waals surface area (Å²) in [4.78, 5) is 13.8. The number of amides is 2. The predicted octanol–water partition coefficient (Wildman–Crippen LogP) is 2.82. The van der Waals surface area contributed by atoms with E-state index >= 15 is 0 Å². The fraction of sp³-hybridized carbons (Fsp3) is 0.188. The van der Waals surface area contributed by atoms with Crippen LogP contribution in [0.1, 0.15) is 5.56 Å². The first-order valence-electron chi connectivity index (χ1n) is 6.62. The second-order valence-electron chi connectivity index (χ2n) is 4.57. The van der Waals surface area contributed by atoms with Crippen molar-refractivity contribution in [3.05, 3.63) is 54.1 Å². The summed E-state index contributed by atoms with van der Waals surface area (Å²) < 4.78 is 5.27. The average Bonchev–Trinajstić information content (AvgIpc) is 2.54. The lowest BCUT2D eigenvalue weighted by Crippen LogP contribution is -2.31. The van der Waals surface area contributed by atoms with Crippen LogP contribution >= 0.6 is 0 Å². The third-order valence-corrected chi connectivity index (χ3v) is 3.17. The second-order valence-corrected chi connectivity index (χ2v) is 4.57. The van der Waals surface area contributed by atoms with Gasteiger partial charge in [0.1, 0.15) is 5.75 Å². The lowest BCUT2D eigenvalue weighted by molar-refractivity contribution is 0.258. The Labute approximate surface area is 124 Å². The summed E-state index contributed by atoms with van der Waals surface area (Å²) in [6.45, 7) is 0.437. The molecule has 5 nitrogen and oxygen atoms in total. The van der Waals surface area contributed by atoms with Gasteiger partial charge in [0.15, 0.2) is 0 Å². The molecule has 0 spiro atoms. The molecular weight excluding hydrogens is 266 g/mol. The lowest BCUT2D eigenvalue weighted by Gasteiger charge is -2.20. The SMILES string of the molecule is COc1ccccc1N(C)C(=O)Nc1cccc(CN)c1. The number of carbonyl (C=O) groups is 1. The van der Waals surface area contributed by atoms with Crippen molar-refractivity contribution in [3.8, 4) is 5.75 Å². The zero-order chi connectivity index (χ0) is 15.2. The van der Waals surface area contributed by atoms with Crippen LogP contribution in [0.15, 0.2) is 48.5 Å². The molecule has 0 aliphatic heterocycles. The van der Waals surface area contributed by atoms with Crippen LogP contribution in [-0.4, -0.2) is 20.2 Å². The van der Waals surface area contributed by atoms with Crippen molar-refractivity contribution >= 4 is 17.4 Å². The van der Waals surface area contributed by atoms with Crippen LogP contribution in [0.3, 0.4) is 0 Å². The Hall–Kier alpha value is -2.53. The van der Waals surface area contributed by atoms with Gasteiger partial charge in [0.05, 0.1) is 12.8 Å². The van der Waals surface area contributed by atoms with Gasteiger partial charge >= 0.3 is 6.03 Å². The van der Waals surface area contributed by atoms with Crippen LogP contribution in [0.25, 0.3) is 0 Å². The molecule has 0 saturated heterocycles. The van der Waals surface area contributed by atoms with E-state index in [1.54, 1.807) is 14.2 Å². The van der Waals surface area contributed by atoms with E-state index in [4.69, 9.17) is 10.5 Å². The van der Waals surface area contributed by atoms with E-state index < -0.39 is 0 Å². The lowest BCUT2D eigenvalue weighted by atomic mass is 10.2. The van der Waals surface area contributed by atoms with Gasteiger partial charge in [0.25, 0.3) is 0 Å². The Bertz CT molecular complexity index is 628. The molecule has 0 fully saturated rings. The van der Waals surface area contributed by atoms with Crippen LogP contribution < -0.4 is 20.7 Å². The second kappa shape index (κ2) is 6.76. The van der Waals surface area contributed by atoms with Crippen LogP contribution in [0, 0.1) is 0 Å². The maximum absolute atomic E-state index is 12.3. The average molecular weight is 285 g/mol. The van der Waals surface area contributed by atoms with Crippen molar-refractivity contribution in [1.82, 2.24) is 0 Å². The molecule has 0 aliphatic carbocycles. The van der Waals surface area contributed by atoms with Crippen molar-refractivity contribution in [3.63, 3.8) is 0 Å². The highest BCUT2D eigenvalue weighted by Crippen LogP contribution is 2.27. The molecule has 0 saturated carbocycles. The fourth-order valence-electron chi connectivity index (χ4n) is 2.00. The summed E-state index contributed by atoms with van der Waals surface area (Å²) >= 11 is 0. The predicted molar refractivity (Wildman–Crippen MR) is 84.7 cm³/mol. The number of nitrogens with one attached hydrogen (secondary N) is 1. The van der Waals surface area contributed by atoms with E-state index in [0.717, 1.165) is 5.56 Å². The van der Waals surface area contributed by atoms with Crippen LogP contribution in [-0.2, 0) is 6.54 Å². The number of urea groups is 1. The number of nitrogens with two attached hydrogens (primary N) is 1. The van der Waals surface area contributed by atoms with Gasteiger partial charge in [0.2, 0.25) is 0 Å². The summed E-state index contributed by atoms with van der Waals surface area (Å²) in [5.41, 5.74) is 7.98. The zero-order valence-electron chi connectivity index (χ0n) is 12.2. The first-order valence-corrected chi connectivity index (χ1v) is 6.62. The molecule has 0 aliphatic rings. The number of carbonyl (C=O) groups excluding carboxylic acids is 1. The molecule has 0 radical (unpaired) electrons. The zero-order valence-corrected chi connectivity index (χ0v) is 12.2. The largest absolute Gasteiger partial charge is 0.495 e. The van der Waals surface area contributed by atoms with Crippen molar-refractivity contribution in [2.75, 3.05) is 24.4 Å². The number of ether oxygens (including phenoxy) is 1. The van der Waals surface area contributed by atoms with E-state index in [2.05, 4.69) is 5.32 Å². The van der Waals surface area contributed by atoms with Gasteiger partial charge < -0.3 is 15.8 Å². The highest BCUT2D eigenvalue weighted by molar-refractivity contribution is 6.02. The number of methoxy groups -OCH3 is 1. The van der Waals surface area contributed by atoms with Crippen LogP contribution in [0.5, 0.6) is 5.75 Å². The standard InChI is InChI=1S/C16H19N3O2/c1-19(14-8-3-4-9-15(14)21-2)16(20)18-13-7-5-6-12(10-13)11-17/h3-10H,11,17H2,1-2H3,(H,18,20). The van der Waals surface area contributed by atoms with Crippen molar-refractivity contribution in [2.24, 2.45) is 5.73 Å².